The first kappa shape index (κ1) is 10.7. The van der Waals surface area contributed by atoms with Gasteiger partial charge in [-0.15, -0.1) is 11.8 Å². The van der Waals surface area contributed by atoms with Crippen LogP contribution in [-0.4, -0.2) is 12.0 Å². The molecule has 1 nitrogen and oxygen atoms in total. The zero-order valence-electron chi connectivity index (χ0n) is 9.03. The van der Waals surface area contributed by atoms with Crippen molar-refractivity contribution in [2.24, 2.45) is 0 Å². The molecule has 0 fully saturated rings. The van der Waals surface area contributed by atoms with Gasteiger partial charge in [0.25, 0.3) is 0 Å². The number of carbonyl (C=O) groups is 1. The van der Waals surface area contributed by atoms with Crippen molar-refractivity contribution in [2.45, 2.75) is 37.0 Å². The van der Waals surface area contributed by atoms with Crippen molar-refractivity contribution >= 4 is 18.0 Å². The highest BCUT2D eigenvalue weighted by Gasteiger charge is 2.12. The average molecular weight is 220 g/mol. The van der Waals surface area contributed by atoms with Crippen molar-refractivity contribution in [1.29, 1.82) is 0 Å². The molecule has 0 aliphatic carbocycles. The van der Waals surface area contributed by atoms with Gasteiger partial charge in [0.15, 0.2) is 0 Å². The number of aldehydes is 1. The lowest BCUT2D eigenvalue weighted by Gasteiger charge is -2.17. The van der Waals surface area contributed by atoms with Crippen LogP contribution in [0, 0.1) is 0 Å². The molecule has 0 aromatic heterocycles. The van der Waals surface area contributed by atoms with Crippen LogP contribution < -0.4 is 0 Å². The molecule has 1 atom stereocenters. The van der Waals surface area contributed by atoms with Crippen molar-refractivity contribution in [3.8, 4) is 0 Å². The molecule has 0 saturated heterocycles. The third-order valence-electron chi connectivity index (χ3n) is 2.96. The maximum atomic E-state index is 10.5. The van der Waals surface area contributed by atoms with Crippen molar-refractivity contribution in [2.75, 3.05) is 5.75 Å². The molecule has 2 heteroatoms. The van der Waals surface area contributed by atoms with Crippen LogP contribution in [0.2, 0.25) is 0 Å². The summed E-state index contributed by atoms with van der Waals surface area (Å²) in [7, 11) is 0. The fraction of sp³-hybridized carbons (Fsp3) is 0.462. The van der Waals surface area contributed by atoms with Gasteiger partial charge in [0.05, 0.1) is 0 Å². The number of rotatable bonds is 3. The number of fused-ring (bicyclic) bond motifs is 1. The van der Waals surface area contributed by atoms with Gasteiger partial charge in [-0.25, -0.2) is 0 Å². The van der Waals surface area contributed by atoms with Gasteiger partial charge in [-0.05, 0) is 41.7 Å². The van der Waals surface area contributed by atoms with E-state index in [0.29, 0.717) is 12.3 Å². The Morgan fingerprint density at radius 3 is 3.20 bits per heavy atom. The summed E-state index contributed by atoms with van der Waals surface area (Å²) in [6.07, 6.45) is 4.15. The highest BCUT2D eigenvalue weighted by atomic mass is 32.2. The Morgan fingerprint density at radius 2 is 2.40 bits per heavy atom. The zero-order chi connectivity index (χ0) is 10.7. The van der Waals surface area contributed by atoms with Crippen molar-refractivity contribution < 1.29 is 4.79 Å². The molecule has 1 heterocycles. The molecule has 0 saturated carbocycles. The molecule has 0 bridgehead atoms. The quantitative estimate of drug-likeness (QED) is 0.726. The van der Waals surface area contributed by atoms with E-state index in [4.69, 9.17) is 0 Å². The van der Waals surface area contributed by atoms with Crippen molar-refractivity contribution in [3.63, 3.8) is 0 Å². The lowest BCUT2D eigenvalue weighted by Crippen LogP contribution is -2.01. The largest absolute Gasteiger partial charge is 0.303 e. The minimum Gasteiger partial charge on any atom is -0.303 e. The topological polar surface area (TPSA) is 17.1 Å². The number of carbonyl (C=O) groups excluding carboxylic acids is 1. The van der Waals surface area contributed by atoms with Crippen LogP contribution >= 0.6 is 11.8 Å². The molecule has 1 unspecified atom stereocenters. The highest BCUT2D eigenvalue weighted by Crippen LogP contribution is 2.32. The van der Waals surface area contributed by atoms with E-state index in [1.54, 1.807) is 0 Å². The molecular formula is C13H16OS. The first-order chi connectivity index (χ1) is 7.31. The molecule has 15 heavy (non-hydrogen) atoms. The molecule has 1 aromatic carbocycles. The lowest BCUT2D eigenvalue weighted by molar-refractivity contribution is -0.108. The SMILES string of the molecule is CC(CC=O)c1ccc2c(c1)SCCC2. The summed E-state index contributed by atoms with van der Waals surface area (Å²) < 4.78 is 0. The van der Waals surface area contributed by atoms with Crippen LogP contribution in [0.3, 0.4) is 0 Å². The predicted octanol–water partition coefficient (Wildman–Crippen LogP) is 3.42. The van der Waals surface area contributed by atoms with Crippen LogP contribution in [0.1, 0.15) is 36.8 Å². The van der Waals surface area contributed by atoms with E-state index >= 15 is 0 Å². The first-order valence-electron chi connectivity index (χ1n) is 5.50. The maximum absolute atomic E-state index is 10.5. The van der Waals surface area contributed by atoms with Crippen molar-refractivity contribution in [1.82, 2.24) is 0 Å². The van der Waals surface area contributed by atoms with E-state index in [1.165, 1.54) is 34.6 Å². The Balaban J connectivity index is 2.23. The summed E-state index contributed by atoms with van der Waals surface area (Å²) in [5.74, 6) is 1.59. The van der Waals surface area contributed by atoms with Gasteiger partial charge >= 0.3 is 0 Å². The van der Waals surface area contributed by atoms with Crippen LogP contribution in [0.4, 0.5) is 0 Å². The van der Waals surface area contributed by atoms with Crippen LogP contribution in [0.25, 0.3) is 0 Å². The standard InChI is InChI=1S/C13H16OS/c1-10(6-7-14)12-5-4-11-3-2-8-15-13(11)9-12/h4-5,7,9-10H,2-3,6,8H2,1H3. The summed E-state index contributed by atoms with van der Waals surface area (Å²) in [4.78, 5) is 11.9. The highest BCUT2D eigenvalue weighted by molar-refractivity contribution is 7.99. The summed E-state index contributed by atoms with van der Waals surface area (Å²) in [5, 5.41) is 0. The number of aryl methyl sites for hydroxylation is 1. The number of hydrogen-bond donors (Lipinski definition) is 0. The van der Waals surface area contributed by atoms with Crippen molar-refractivity contribution in [3.05, 3.63) is 29.3 Å². The first-order valence-corrected chi connectivity index (χ1v) is 6.49. The number of benzene rings is 1. The molecule has 0 N–H and O–H groups in total. The molecule has 1 aromatic rings. The Kier molecular flexibility index (Phi) is 3.47. The molecule has 80 valence electrons. The third kappa shape index (κ3) is 2.43. The summed E-state index contributed by atoms with van der Waals surface area (Å²) in [6, 6.07) is 6.68. The molecular weight excluding hydrogens is 204 g/mol. The van der Waals surface area contributed by atoms with E-state index in [2.05, 4.69) is 25.1 Å². The molecule has 0 spiro atoms. The fourth-order valence-electron chi connectivity index (χ4n) is 1.94. The predicted molar refractivity (Wildman–Crippen MR) is 64.6 cm³/mol. The minimum absolute atomic E-state index is 0.357. The normalized spacial score (nSPS) is 16.9. The number of thioether (sulfide) groups is 1. The van der Waals surface area contributed by atoms with E-state index in [0.717, 1.165) is 6.29 Å². The Bertz CT molecular complexity index is 360. The van der Waals surface area contributed by atoms with Gasteiger partial charge < -0.3 is 4.79 Å². The summed E-state index contributed by atoms with van der Waals surface area (Å²) >= 11 is 1.95. The van der Waals surface area contributed by atoms with Gasteiger partial charge in [-0.2, -0.15) is 0 Å². The van der Waals surface area contributed by atoms with Gasteiger partial charge in [0.1, 0.15) is 6.29 Å². The smallest absolute Gasteiger partial charge is 0.120 e. The third-order valence-corrected chi connectivity index (χ3v) is 4.14. The van der Waals surface area contributed by atoms with E-state index in [9.17, 15) is 4.79 Å². The maximum Gasteiger partial charge on any atom is 0.120 e. The van der Waals surface area contributed by atoms with E-state index < -0.39 is 0 Å². The van der Waals surface area contributed by atoms with Gasteiger partial charge in [0, 0.05) is 11.3 Å². The summed E-state index contributed by atoms with van der Waals surface area (Å²) in [6.45, 7) is 2.11. The second kappa shape index (κ2) is 4.84. The second-order valence-electron chi connectivity index (χ2n) is 4.12. The second-order valence-corrected chi connectivity index (χ2v) is 5.26. The van der Waals surface area contributed by atoms with Gasteiger partial charge in [0.2, 0.25) is 0 Å². The monoisotopic (exact) mass is 220 g/mol. The van der Waals surface area contributed by atoms with Gasteiger partial charge in [-0.1, -0.05) is 19.1 Å². The molecule has 0 amide bonds. The van der Waals surface area contributed by atoms with Crippen LogP contribution in [-0.2, 0) is 11.2 Å². The summed E-state index contributed by atoms with van der Waals surface area (Å²) in [5.41, 5.74) is 2.78. The molecule has 2 rings (SSSR count). The van der Waals surface area contributed by atoms with E-state index in [1.807, 2.05) is 11.8 Å². The Labute approximate surface area is 95.3 Å². The zero-order valence-corrected chi connectivity index (χ0v) is 9.85. The van der Waals surface area contributed by atoms with E-state index in [-0.39, 0.29) is 0 Å². The number of hydrogen-bond acceptors (Lipinski definition) is 2. The minimum atomic E-state index is 0.357. The van der Waals surface area contributed by atoms with Gasteiger partial charge in [-0.3, -0.25) is 0 Å². The van der Waals surface area contributed by atoms with Crippen LogP contribution in [0.15, 0.2) is 23.1 Å². The lowest BCUT2D eigenvalue weighted by atomic mass is 9.96. The molecule has 1 aliphatic rings. The molecule has 1 aliphatic heterocycles. The van der Waals surface area contributed by atoms with Crippen LogP contribution in [0.5, 0.6) is 0 Å². The fourth-order valence-corrected chi connectivity index (χ4v) is 3.03. The molecule has 0 radical (unpaired) electrons. The Hall–Kier alpha value is -0.760. The Morgan fingerprint density at radius 1 is 1.53 bits per heavy atom. The average Bonchev–Trinajstić information content (AvgIpc) is 2.29.